The second-order valence-electron chi connectivity index (χ2n) is 9.11. The maximum Gasteiger partial charge on any atom is 0.268 e. The lowest BCUT2D eigenvalue weighted by atomic mass is 10.1. The number of ether oxygens (including phenoxy) is 1. The summed E-state index contributed by atoms with van der Waals surface area (Å²) in [5.74, 6) is -5.16. The first-order valence-corrected chi connectivity index (χ1v) is 11.7. The lowest BCUT2D eigenvalue weighted by molar-refractivity contribution is -0.311. The summed E-state index contributed by atoms with van der Waals surface area (Å²) in [5.41, 5.74) is 0.366. The summed E-state index contributed by atoms with van der Waals surface area (Å²) >= 11 is 0. The lowest BCUT2D eigenvalue weighted by Gasteiger charge is -2.27. The largest absolute Gasteiger partial charge is 0.548 e. The molecule has 3 heterocycles. The molecule has 1 aromatic rings. The highest BCUT2D eigenvalue weighted by atomic mass is 16.5. The number of aliphatic carboxylic acids is 2. The van der Waals surface area contributed by atoms with Crippen LogP contribution in [0.25, 0.3) is 0 Å². The number of amides is 4. The standard InChI is InChI=1S/C23H31N5O9/c1-26-7-3-4-15(26)21(32)25-14-9-17(23(35)36)28(11-14)20(31)6-5-19(30)27-10-13(8-16(27)22(33)34)24-18(29)12-37-2/h3-4,7,13-14,16-17H,5-6,8-12H2,1-2H3,(H,24,29)(H,25,32)(H,33,34)(H,35,36)/p-2/t13-,14-,16-,17-/m0/s1. The Morgan fingerprint density at radius 3 is 1.86 bits per heavy atom. The van der Waals surface area contributed by atoms with Crippen molar-refractivity contribution in [2.75, 3.05) is 26.8 Å². The van der Waals surface area contributed by atoms with Gasteiger partial charge in [-0.3, -0.25) is 19.2 Å². The van der Waals surface area contributed by atoms with E-state index >= 15 is 0 Å². The molecular formula is C23H29N5O9-2. The lowest BCUT2D eigenvalue weighted by Crippen LogP contribution is -2.48. The van der Waals surface area contributed by atoms with Gasteiger partial charge >= 0.3 is 0 Å². The highest BCUT2D eigenvalue weighted by Crippen LogP contribution is 2.22. The van der Waals surface area contributed by atoms with Gasteiger partial charge in [0.1, 0.15) is 12.3 Å². The number of nitrogens with zero attached hydrogens (tertiary/aromatic N) is 3. The highest BCUT2D eigenvalue weighted by Gasteiger charge is 2.39. The second-order valence-corrected chi connectivity index (χ2v) is 9.11. The van der Waals surface area contributed by atoms with Crippen molar-refractivity contribution >= 4 is 35.6 Å². The number of carboxylic acids is 2. The third kappa shape index (κ3) is 6.64. The molecule has 37 heavy (non-hydrogen) atoms. The number of carbonyl (C=O) groups is 6. The minimum atomic E-state index is -1.49. The number of hydrogen-bond donors (Lipinski definition) is 2. The number of aryl methyl sites for hydroxylation is 1. The summed E-state index contributed by atoms with van der Waals surface area (Å²) in [5, 5.41) is 28.5. The molecule has 2 aliphatic heterocycles. The Balaban J connectivity index is 1.58. The molecule has 2 N–H and O–H groups in total. The molecule has 0 bridgehead atoms. The van der Waals surface area contributed by atoms with Gasteiger partial charge in [0.25, 0.3) is 5.91 Å². The van der Waals surface area contributed by atoms with Gasteiger partial charge in [-0.15, -0.1) is 0 Å². The molecule has 0 radical (unpaired) electrons. The van der Waals surface area contributed by atoms with E-state index in [-0.39, 0.29) is 45.4 Å². The van der Waals surface area contributed by atoms with E-state index in [2.05, 4.69) is 10.6 Å². The monoisotopic (exact) mass is 519 g/mol. The summed E-state index contributed by atoms with van der Waals surface area (Å²) in [7, 11) is 3.01. The van der Waals surface area contributed by atoms with Crippen molar-refractivity contribution in [1.82, 2.24) is 25.0 Å². The van der Waals surface area contributed by atoms with Gasteiger partial charge in [-0.05, 0) is 25.0 Å². The normalized spacial score (nSPS) is 23.1. The highest BCUT2D eigenvalue weighted by molar-refractivity contribution is 5.93. The quantitative estimate of drug-likeness (QED) is 0.308. The molecule has 202 valence electrons. The van der Waals surface area contributed by atoms with E-state index in [1.54, 1.807) is 29.9 Å². The zero-order valence-electron chi connectivity index (χ0n) is 20.5. The number of aromatic nitrogens is 1. The van der Waals surface area contributed by atoms with Gasteiger partial charge in [0.15, 0.2) is 0 Å². The third-order valence-corrected chi connectivity index (χ3v) is 6.49. The van der Waals surface area contributed by atoms with Crippen molar-refractivity contribution in [3.8, 4) is 0 Å². The fourth-order valence-corrected chi connectivity index (χ4v) is 4.74. The van der Waals surface area contributed by atoms with Crippen LogP contribution in [0.1, 0.15) is 36.2 Å². The van der Waals surface area contributed by atoms with Crippen LogP contribution >= 0.6 is 0 Å². The number of carbonyl (C=O) groups excluding carboxylic acids is 6. The predicted molar refractivity (Wildman–Crippen MR) is 120 cm³/mol. The first kappa shape index (κ1) is 27.6. The molecule has 0 saturated carbocycles. The molecule has 0 unspecified atom stereocenters. The van der Waals surface area contributed by atoms with Gasteiger partial charge in [0, 0.05) is 58.4 Å². The fourth-order valence-electron chi connectivity index (χ4n) is 4.74. The molecule has 0 aliphatic carbocycles. The van der Waals surface area contributed by atoms with Crippen molar-refractivity contribution in [3.63, 3.8) is 0 Å². The van der Waals surface area contributed by atoms with Crippen LogP contribution in [-0.2, 0) is 35.8 Å². The summed E-state index contributed by atoms with van der Waals surface area (Å²) < 4.78 is 6.32. The van der Waals surface area contributed by atoms with Crippen molar-refractivity contribution in [2.24, 2.45) is 7.05 Å². The first-order valence-electron chi connectivity index (χ1n) is 11.7. The van der Waals surface area contributed by atoms with Crippen molar-refractivity contribution in [1.29, 1.82) is 0 Å². The van der Waals surface area contributed by atoms with Gasteiger partial charge < -0.3 is 49.5 Å². The molecule has 4 amide bonds. The van der Waals surface area contributed by atoms with E-state index in [9.17, 15) is 39.0 Å². The maximum atomic E-state index is 12.8. The molecule has 0 spiro atoms. The van der Waals surface area contributed by atoms with E-state index in [4.69, 9.17) is 4.74 Å². The van der Waals surface area contributed by atoms with E-state index < -0.39 is 59.7 Å². The molecule has 14 nitrogen and oxygen atoms in total. The molecule has 1 aromatic heterocycles. The Bertz CT molecular complexity index is 1070. The Labute approximate surface area is 212 Å². The van der Waals surface area contributed by atoms with Gasteiger partial charge in [-0.2, -0.15) is 0 Å². The Morgan fingerprint density at radius 2 is 1.43 bits per heavy atom. The number of likely N-dealkylation sites (tertiary alicyclic amines) is 2. The predicted octanol–water partition coefficient (Wildman–Crippen LogP) is -4.26. The zero-order chi connectivity index (χ0) is 27.3. The molecule has 4 atom stereocenters. The van der Waals surface area contributed by atoms with Crippen molar-refractivity contribution in [3.05, 3.63) is 24.0 Å². The molecular weight excluding hydrogens is 490 g/mol. The van der Waals surface area contributed by atoms with Crippen LogP contribution in [0, 0.1) is 0 Å². The van der Waals surface area contributed by atoms with Gasteiger partial charge in [-0.25, -0.2) is 0 Å². The Kier molecular flexibility index (Phi) is 8.86. The van der Waals surface area contributed by atoms with Crippen LogP contribution in [-0.4, -0.2) is 101 Å². The molecule has 2 saturated heterocycles. The average Bonchev–Trinajstić information content (AvgIpc) is 3.55. The van der Waals surface area contributed by atoms with Crippen LogP contribution < -0.4 is 20.8 Å². The van der Waals surface area contributed by atoms with Crippen molar-refractivity contribution in [2.45, 2.75) is 49.9 Å². The van der Waals surface area contributed by atoms with Crippen molar-refractivity contribution < 1.29 is 43.7 Å². The van der Waals surface area contributed by atoms with Crippen LogP contribution in [0.3, 0.4) is 0 Å². The van der Waals surface area contributed by atoms with Crippen LogP contribution in [0.4, 0.5) is 0 Å². The number of methoxy groups -OCH3 is 1. The second kappa shape index (κ2) is 11.9. The van der Waals surface area contributed by atoms with Gasteiger partial charge in [0.2, 0.25) is 17.7 Å². The zero-order valence-corrected chi connectivity index (χ0v) is 20.5. The number of carboxylic acid groups (broad SMARTS) is 2. The first-order chi connectivity index (χ1) is 17.5. The molecule has 2 aliphatic rings. The summed E-state index contributed by atoms with van der Waals surface area (Å²) in [6, 6.07) is -0.551. The summed E-state index contributed by atoms with van der Waals surface area (Å²) in [6.07, 6.45) is 0.816. The smallest absolute Gasteiger partial charge is 0.268 e. The third-order valence-electron chi connectivity index (χ3n) is 6.49. The number of nitrogens with one attached hydrogen (secondary N) is 2. The summed E-state index contributed by atoms with van der Waals surface area (Å²) in [6.45, 7) is -0.391. The van der Waals surface area contributed by atoms with Crippen LogP contribution in [0.15, 0.2) is 18.3 Å². The molecule has 3 rings (SSSR count). The van der Waals surface area contributed by atoms with E-state index in [0.717, 1.165) is 9.80 Å². The summed E-state index contributed by atoms with van der Waals surface area (Å²) in [4.78, 5) is 75.1. The average molecular weight is 520 g/mol. The molecule has 2 fully saturated rings. The topological polar surface area (TPSA) is 193 Å². The van der Waals surface area contributed by atoms with E-state index in [1.165, 1.54) is 7.11 Å². The van der Waals surface area contributed by atoms with Gasteiger partial charge in [0.05, 0.1) is 24.0 Å². The molecule has 0 aromatic carbocycles. The molecule has 14 heteroatoms. The van der Waals surface area contributed by atoms with E-state index in [1.807, 2.05) is 0 Å². The maximum absolute atomic E-state index is 12.8. The Morgan fingerprint density at radius 1 is 0.919 bits per heavy atom. The minimum absolute atomic E-state index is 0.0556. The van der Waals surface area contributed by atoms with Gasteiger partial charge in [-0.1, -0.05) is 0 Å². The van der Waals surface area contributed by atoms with Crippen LogP contribution in [0.2, 0.25) is 0 Å². The Hall–Kier alpha value is -3.94. The fraction of sp³-hybridized carbons (Fsp3) is 0.565. The number of hydrogen-bond acceptors (Lipinski definition) is 9. The number of rotatable bonds is 10. The van der Waals surface area contributed by atoms with E-state index in [0.29, 0.717) is 5.69 Å². The van der Waals surface area contributed by atoms with Crippen LogP contribution in [0.5, 0.6) is 0 Å². The minimum Gasteiger partial charge on any atom is -0.548 e. The SMILES string of the molecule is COCC(=O)N[C@H]1C[C@@H](C(=O)[O-])N(C(=O)CCC(=O)N2C[C@@H](NC(=O)c3cccn3C)C[C@H]2C(=O)[O-])C1.